The Kier molecular flexibility index (Phi) is 5.93. The summed E-state index contributed by atoms with van der Waals surface area (Å²) in [4.78, 5) is 13.2. The van der Waals surface area contributed by atoms with Crippen molar-refractivity contribution >= 4 is 23.4 Å². The van der Waals surface area contributed by atoms with Crippen LogP contribution in [0.15, 0.2) is 41.3 Å². The SMILES string of the molecule is COc1ccc(NC(=O)CSc2ccc(C)c(C)c2)c(OC)c1. The maximum Gasteiger partial charge on any atom is 0.234 e. The number of rotatable bonds is 6. The van der Waals surface area contributed by atoms with Crippen LogP contribution in [-0.4, -0.2) is 25.9 Å². The quantitative estimate of drug-likeness (QED) is 0.811. The first kappa shape index (κ1) is 17.2. The van der Waals surface area contributed by atoms with Gasteiger partial charge < -0.3 is 14.8 Å². The van der Waals surface area contributed by atoms with Crippen molar-refractivity contribution in [2.75, 3.05) is 25.3 Å². The van der Waals surface area contributed by atoms with Crippen LogP contribution in [0.2, 0.25) is 0 Å². The number of anilines is 1. The number of carbonyl (C=O) groups excluding carboxylic acids is 1. The molecule has 0 saturated heterocycles. The lowest BCUT2D eigenvalue weighted by molar-refractivity contribution is -0.113. The Labute approximate surface area is 141 Å². The number of aryl methyl sites for hydroxylation is 2. The average molecular weight is 331 g/mol. The predicted octanol–water partition coefficient (Wildman–Crippen LogP) is 4.05. The highest BCUT2D eigenvalue weighted by Crippen LogP contribution is 2.29. The van der Waals surface area contributed by atoms with Crippen molar-refractivity contribution in [1.29, 1.82) is 0 Å². The van der Waals surface area contributed by atoms with Crippen molar-refractivity contribution in [2.24, 2.45) is 0 Å². The van der Waals surface area contributed by atoms with Crippen LogP contribution in [0.4, 0.5) is 5.69 Å². The molecule has 1 N–H and O–H groups in total. The largest absolute Gasteiger partial charge is 0.497 e. The van der Waals surface area contributed by atoms with E-state index in [4.69, 9.17) is 9.47 Å². The molecule has 0 aliphatic carbocycles. The summed E-state index contributed by atoms with van der Waals surface area (Å²) in [5.74, 6) is 1.53. The molecular formula is C18H21NO3S. The minimum Gasteiger partial charge on any atom is -0.497 e. The Hall–Kier alpha value is -2.14. The summed E-state index contributed by atoms with van der Waals surface area (Å²) in [7, 11) is 3.15. The third-order valence-corrected chi connectivity index (χ3v) is 4.52. The van der Waals surface area contributed by atoms with Crippen LogP contribution < -0.4 is 14.8 Å². The Bertz CT molecular complexity index is 701. The number of hydrogen-bond acceptors (Lipinski definition) is 4. The van der Waals surface area contributed by atoms with Crippen molar-refractivity contribution in [3.8, 4) is 11.5 Å². The van der Waals surface area contributed by atoms with Crippen LogP contribution in [0.5, 0.6) is 11.5 Å². The van der Waals surface area contributed by atoms with E-state index in [0.717, 1.165) is 4.90 Å². The molecule has 2 aromatic rings. The Balaban J connectivity index is 1.98. The van der Waals surface area contributed by atoms with E-state index in [1.54, 1.807) is 32.4 Å². The fraction of sp³-hybridized carbons (Fsp3) is 0.278. The second-order valence-electron chi connectivity index (χ2n) is 5.15. The molecule has 5 heteroatoms. The summed E-state index contributed by atoms with van der Waals surface area (Å²) < 4.78 is 10.4. The molecule has 0 radical (unpaired) electrons. The lowest BCUT2D eigenvalue weighted by atomic mass is 10.1. The zero-order valence-corrected chi connectivity index (χ0v) is 14.6. The number of benzene rings is 2. The summed E-state index contributed by atoms with van der Waals surface area (Å²) >= 11 is 1.51. The van der Waals surface area contributed by atoms with Gasteiger partial charge in [-0.15, -0.1) is 11.8 Å². The maximum atomic E-state index is 12.1. The zero-order chi connectivity index (χ0) is 16.8. The van der Waals surface area contributed by atoms with E-state index in [-0.39, 0.29) is 5.91 Å². The smallest absolute Gasteiger partial charge is 0.234 e. The Morgan fingerprint density at radius 2 is 1.83 bits per heavy atom. The predicted molar refractivity (Wildman–Crippen MR) is 94.8 cm³/mol. The lowest BCUT2D eigenvalue weighted by Crippen LogP contribution is -2.14. The van der Waals surface area contributed by atoms with Crippen LogP contribution in [0.25, 0.3) is 0 Å². The molecule has 23 heavy (non-hydrogen) atoms. The second-order valence-corrected chi connectivity index (χ2v) is 6.20. The van der Waals surface area contributed by atoms with Gasteiger partial charge in [-0.2, -0.15) is 0 Å². The normalized spacial score (nSPS) is 10.3. The van der Waals surface area contributed by atoms with E-state index in [1.807, 2.05) is 6.07 Å². The van der Waals surface area contributed by atoms with Crippen LogP contribution in [0, 0.1) is 13.8 Å². The van der Waals surface area contributed by atoms with Gasteiger partial charge in [-0.05, 0) is 49.2 Å². The van der Waals surface area contributed by atoms with Crippen molar-refractivity contribution in [3.05, 3.63) is 47.5 Å². The van der Waals surface area contributed by atoms with Gasteiger partial charge in [-0.25, -0.2) is 0 Å². The van der Waals surface area contributed by atoms with Gasteiger partial charge in [0, 0.05) is 11.0 Å². The molecule has 4 nitrogen and oxygen atoms in total. The van der Waals surface area contributed by atoms with Gasteiger partial charge in [-0.1, -0.05) is 6.07 Å². The third-order valence-electron chi connectivity index (χ3n) is 3.53. The van der Waals surface area contributed by atoms with Gasteiger partial charge in [-0.3, -0.25) is 4.79 Å². The molecule has 0 atom stereocenters. The van der Waals surface area contributed by atoms with E-state index in [9.17, 15) is 4.79 Å². The van der Waals surface area contributed by atoms with E-state index in [1.165, 1.54) is 22.9 Å². The molecular weight excluding hydrogens is 310 g/mol. The van der Waals surface area contributed by atoms with Gasteiger partial charge in [0.1, 0.15) is 11.5 Å². The number of nitrogens with one attached hydrogen (secondary N) is 1. The van der Waals surface area contributed by atoms with Gasteiger partial charge in [0.15, 0.2) is 0 Å². The maximum absolute atomic E-state index is 12.1. The zero-order valence-electron chi connectivity index (χ0n) is 13.8. The topological polar surface area (TPSA) is 47.6 Å². The first-order valence-corrected chi connectivity index (χ1v) is 8.24. The van der Waals surface area contributed by atoms with Crippen LogP contribution >= 0.6 is 11.8 Å². The van der Waals surface area contributed by atoms with Gasteiger partial charge in [0.05, 0.1) is 25.7 Å². The first-order chi connectivity index (χ1) is 11.0. The summed E-state index contributed by atoms with van der Waals surface area (Å²) in [5, 5.41) is 2.87. The van der Waals surface area contributed by atoms with E-state index < -0.39 is 0 Å². The molecule has 0 aliphatic heterocycles. The highest BCUT2D eigenvalue weighted by Gasteiger charge is 2.09. The van der Waals surface area contributed by atoms with Gasteiger partial charge in [0.2, 0.25) is 5.91 Å². The second kappa shape index (κ2) is 7.92. The Morgan fingerprint density at radius 3 is 2.48 bits per heavy atom. The van der Waals surface area contributed by atoms with Crippen molar-refractivity contribution < 1.29 is 14.3 Å². The van der Waals surface area contributed by atoms with Crippen molar-refractivity contribution in [3.63, 3.8) is 0 Å². The molecule has 0 fully saturated rings. The van der Waals surface area contributed by atoms with Crippen molar-refractivity contribution in [1.82, 2.24) is 0 Å². The number of ether oxygens (including phenoxy) is 2. The molecule has 122 valence electrons. The summed E-state index contributed by atoms with van der Waals surface area (Å²) in [6, 6.07) is 11.5. The standard InChI is InChI=1S/C18H21NO3S/c1-12-5-7-15(9-13(12)2)23-11-18(20)19-16-8-6-14(21-3)10-17(16)22-4/h5-10H,11H2,1-4H3,(H,19,20). The molecule has 0 spiro atoms. The molecule has 0 saturated carbocycles. The number of carbonyl (C=O) groups is 1. The molecule has 2 aromatic carbocycles. The fourth-order valence-electron chi connectivity index (χ4n) is 2.04. The monoisotopic (exact) mass is 331 g/mol. The number of thioether (sulfide) groups is 1. The van der Waals surface area contributed by atoms with Gasteiger partial charge >= 0.3 is 0 Å². The number of hydrogen-bond donors (Lipinski definition) is 1. The van der Waals surface area contributed by atoms with E-state index >= 15 is 0 Å². The highest BCUT2D eigenvalue weighted by molar-refractivity contribution is 8.00. The number of methoxy groups -OCH3 is 2. The summed E-state index contributed by atoms with van der Waals surface area (Å²) in [6.07, 6.45) is 0. The number of amides is 1. The first-order valence-electron chi connectivity index (χ1n) is 7.25. The van der Waals surface area contributed by atoms with Crippen LogP contribution in [0.1, 0.15) is 11.1 Å². The highest BCUT2D eigenvalue weighted by atomic mass is 32.2. The fourth-order valence-corrected chi connectivity index (χ4v) is 2.83. The molecule has 0 aliphatic rings. The third kappa shape index (κ3) is 4.66. The lowest BCUT2D eigenvalue weighted by Gasteiger charge is -2.11. The molecule has 2 rings (SSSR count). The average Bonchev–Trinajstić information content (AvgIpc) is 2.56. The summed E-state index contributed by atoms with van der Waals surface area (Å²) in [5.41, 5.74) is 3.12. The minimum absolute atomic E-state index is 0.0725. The van der Waals surface area contributed by atoms with Crippen LogP contribution in [-0.2, 0) is 4.79 Å². The Morgan fingerprint density at radius 1 is 1.04 bits per heavy atom. The van der Waals surface area contributed by atoms with Crippen LogP contribution in [0.3, 0.4) is 0 Å². The molecule has 1 amide bonds. The summed E-state index contributed by atoms with van der Waals surface area (Å²) in [6.45, 7) is 4.15. The molecule has 0 unspecified atom stereocenters. The minimum atomic E-state index is -0.0725. The van der Waals surface area contributed by atoms with Crippen molar-refractivity contribution in [2.45, 2.75) is 18.7 Å². The van der Waals surface area contributed by atoms with E-state index in [0.29, 0.717) is 22.9 Å². The molecule has 0 bridgehead atoms. The van der Waals surface area contributed by atoms with E-state index in [2.05, 4.69) is 31.3 Å². The molecule has 0 aromatic heterocycles. The van der Waals surface area contributed by atoms with Gasteiger partial charge in [0.25, 0.3) is 0 Å². The molecule has 0 heterocycles.